The number of anilines is 1. The van der Waals surface area contributed by atoms with E-state index in [1.165, 1.54) is 5.56 Å². The molecular weight excluding hydrogens is 236 g/mol. The molecule has 0 aliphatic heterocycles. The minimum Gasteiger partial charge on any atom is -0.370 e. The van der Waals surface area contributed by atoms with Gasteiger partial charge in [0.2, 0.25) is 5.28 Å². The highest BCUT2D eigenvalue weighted by molar-refractivity contribution is 6.28. The lowest BCUT2D eigenvalue weighted by molar-refractivity contribution is 0.405. The summed E-state index contributed by atoms with van der Waals surface area (Å²) in [5, 5.41) is 3.74. The summed E-state index contributed by atoms with van der Waals surface area (Å²) in [6.45, 7) is 2.01. The zero-order chi connectivity index (χ0) is 12.3. The Balaban J connectivity index is 1.96. The Kier molecular flexibility index (Phi) is 4.18. The summed E-state index contributed by atoms with van der Waals surface area (Å²) >= 11 is 5.92. The van der Waals surface area contributed by atoms with Gasteiger partial charge in [0, 0.05) is 12.1 Å². The van der Waals surface area contributed by atoms with Crippen LogP contribution in [0.5, 0.6) is 0 Å². The summed E-state index contributed by atoms with van der Waals surface area (Å²) in [6, 6.07) is 0. The van der Waals surface area contributed by atoms with E-state index in [1.54, 1.807) is 0 Å². The number of nitrogens with zero attached hydrogens (tertiary/aromatic N) is 3. The average molecular weight is 255 g/mol. The Morgan fingerprint density at radius 3 is 2.88 bits per heavy atom. The zero-order valence-corrected chi connectivity index (χ0v) is 11.2. The summed E-state index contributed by atoms with van der Waals surface area (Å²) in [5.41, 5.74) is 2.39. The Hall–Kier alpha value is -0.870. The van der Waals surface area contributed by atoms with Crippen LogP contribution in [0.25, 0.3) is 0 Å². The molecule has 2 rings (SSSR count). The maximum absolute atomic E-state index is 5.92. The Morgan fingerprint density at radius 2 is 2.12 bits per heavy atom. The van der Waals surface area contributed by atoms with Gasteiger partial charge >= 0.3 is 0 Å². The summed E-state index contributed by atoms with van der Waals surface area (Å²) in [6.07, 6.45) is 4.37. The van der Waals surface area contributed by atoms with Crippen molar-refractivity contribution in [1.29, 1.82) is 0 Å². The number of aryl methyl sites for hydroxylation is 1. The molecule has 0 saturated carbocycles. The van der Waals surface area contributed by atoms with Crippen molar-refractivity contribution in [3.63, 3.8) is 0 Å². The first-order valence-corrected chi connectivity index (χ1v) is 6.48. The van der Waals surface area contributed by atoms with Gasteiger partial charge in [0.1, 0.15) is 5.82 Å². The van der Waals surface area contributed by atoms with Crippen molar-refractivity contribution in [2.24, 2.45) is 0 Å². The van der Waals surface area contributed by atoms with E-state index in [-0.39, 0.29) is 0 Å². The van der Waals surface area contributed by atoms with Crippen LogP contribution in [0.15, 0.2) is 0 Å². The number of nitrogens with one attached hydrogen (secondary N) is 1. The molecule has 0 spiro atoms. The fourth-order valence-electron chi connectivity index (χ4n) is 2.15. The number of hydrogen-bond acceptors (Lipinski definition) is 4. The monoisotopic (exact) mass is 254 g/mol. The number of aromatic nitrogens is 2. The molecule has 0 fully saturated rings. The highest BCUT2D eigenvalue weighted by Gasteiger charge is 2.18. The van der Waals surface area contributed by atoms with Gasteiger partial charge in [0.15, 0.2) is 0 Å². The largest absolute Gasteiger partial charge is 0.370 e. The van der Waals surface area contributed by atoms with Crippen LogP contribution in [0, 0.1) is 0 Å². The standard InChI is InChI=1S/C12H19ClN4/c1-17(2)8-4-7-14-11-9-5-3-6-10(9)15-12(13)16-11/h3-8H2,1-2H3,(H,14,15,16). The first kappa shape index (κ1) is 12.6. The van der Waals surface area contributed by atoms with Gasteiger partial charge in [-0.05, 0) is 57.9 Å². The minimum atomic E-state index is 0.362. The predicted molar refractivity (Wildman–Crippen MR) is 70.7 cm³/mol. The van der Waals surface area contributed by atoms with E-state index >= 15 is 0 Å². The molecule has 0 radical (unpaired) electrons. The summed E-state index contributed by atoms with van der Waals surface area (Å²) in [5.74, 6) is 0.941. The first-order chi connectivity index (χ1) is 8.16. The van der Waals surface area contributed by atoms with Crippen molar-refractivity contribution in [1.82, 2.24) is 14.9 Å². The van der Waals surface area contributed by atoms with Crippen molar-refractivity contribution in [3.8, 4) is 0 Å². The molecule has 17 heavy (non-hydrogen) atoms. The quantitative estimate of drug-likeness (QED) is 0.645. The molecule has 5 heteroatoms. The van der Waals surface area contributed by atoms with Crippen LogP contribution in [-0.2, 0) is 12.8 Å². The van der Waals surface area contributed by atoms with Crippen LogP contribution >= 0.6 is 11.6 Å². The molecule has 1 aromatic heterocycles. The second-order valence-corrected chi connectivity index (χ2v) is 5.04. The Morgan fingerprint density at radius 1 is 1.29 bits per heavy atom. The van der Waals surface area contributed by atoms with E-state index in [0.29, 0.717) is 5.28 Å². The van der Waals surface area contributed by atoms with Gasteiger partial charge in [-0.25, -0.2) is 9.97 Å². The number of hydrogen-bond donors (Lipinski definition) is 1. The zero-order valence-electron chi connectivity index (χ0n) is 10.5. The Labute approximate surface area is 107 Å². The van der Waals surface area contributed by atoms with E-state index in [9.17, 15) is 0 Å². The molecule has 0 aromatic carbocycles. The normalized spacial score (nSPS) is 14.1. The van der Waals surface area contributed by atoms with Crippen LogP contribution < -0.4 is 5.32 Å². The number of halogens is 1. The van der Waals surface area contributed by atoms with E-state index in [1.807, 2.05) is 0 Å². The van der Waals surface area contributed by atoms with Crippen molar-refractivity contribution in [2.45, 2.75) is 25.7 Å². The second kappa shape index (κ2) is 5.65. The van der Waals surface area contributed by atoms with E-state index < -0.39 is 0 Å². The van der Waals surface area contributed by atoms with Crippen LogP contribution in [0.1, 0.15) is 24.1 Å². The van der Waals surface area contributed by atoms with Gasteiger partial charge in [-0.3, -0.25) is 0 Å². The van der Waals surface area contributed by atoms with Crippen LogP contribution in [0.2, 0.25) is 5.28 Å². The molecule has 0 bridgehead atoms. The summed E-state index contributed by atoms with van der Waals surface area (Å²) in [7, 11) is 4.17. The lowest BCUT2D eigenvalue weighted by Crippen LogP contribution is -2.17. The molecule has 0 atom stereocenters. The highest BCUT2D eigenvalue weighted by atomic mass is 35.5. The lowest BCUT2D eigenvalue weighted by atomic mass is 10.2. The smallest absolute Gasteiger partial charge is 0.224 e. The molecule has 1 aliphatic carbocycles. The van der Waals surface area contributed by atoms with Gasteiger partial charge < -0.3 is 10.2 Å². The third-order valence-electron chi connectivity index (χ3n) is 2.98. The molecule has 94 valence electrons. The maximum Gasteiger partial charge on any atom is 0.224 e. The van der Waals surface area contributed by atoms with Crippen LogP contribution in [0.4, 0.5) is 5.82 Å². The third kappa shape index (κ3) is 3.30. The SMILES string of the molecule is CN(C)CCCNc1nc(Cl)nc2c1CCC2. The Bertz CT molecular complexity index is 392. The van der Waals surface area contributed by atoms with Gasteiger partial charge in [0.25, 0.3) is 0 Å². The summed E-state index contributed by atoms with van der Waals surface area (Å²) in [4.78, 5) is 10.7. The molecule has 1 aromatic rings. The maximum atomic E-state index is 5.92. The topological polar surface area (TPSA) is 41.0 Å². The highest BCUT2D eigenvalue weighted by Crippen LogP contribution is 2.27. The molecular formula is C12H19ClN4. The van der Waals surface area contributed by atoms with Crippen molar-refractivity contribution < 1.29 is 0 Å². The van der Waals surface area contributed by atoms with Crippen LogP contribution in [-0.4, -0.2) is 42.1 Å². The number of rotatable bonds is 5. The predicted octanol–water partition coefficient (Wildman–Crippen LogP) is 1.98. The van der Waals surface area contributed by atoms with E-state index in [2.05, 4.69) is 34.3 Å². The van der Waals surface area contributed by atoms with Crippen molar-refractivity contribution in [2.75, 3.05) is 32.5 Å². The van der Waals surface area contributed by atoms with Gasteiger partial charge in [0.05, 0.1) is 5.69 Å². The third-order valence-corrected chi connectivity index (χ3v) is 3.15. The fourth-order valence-corrected chi connectivity index (χ4v) is 2.34. The molecule has 1 aliphatic rings. The summed E-state index contributed by atoms with van der Waals surface area (Å²) < 4.78 is 0. The fraction of sp³-hybridized carbons (Fsp3) is 0.667. The second-order valence-electron chi connectivity index (χ2n) is 4.70. The molecule has 0 saturated heterocycles. The average Bonchev–Trinajstić information content (AvgIpc) is 2.71. The van der Waals surface area contributed by atoms with Crippen LogP contribution in [0.3, 0.4) is 0 Å². The molecule has 1 N–H and O–H groups in total. The first-order valence-electron chi connectivity index (χ1n) is 6.10. The minimum absolute atomic E-state index is 0.362. The number of fused-ring (bicyclic) bond motifs is 1. The molecule has 0 unspecified atom stereocenters. The lowest BCUT2D eigenvalue weighted by Gasteiger charge is -2.12. The molecule has 4 nitrogen and oxygen atoms in total. The van der Waals surface area contributed by atoms with Gasteiger partial charge in [-0.2, -0.15) is 0 Å². The van der Waals surface area contributed by atoms with E-state index in [0.717, 1.165) is 50.3 Å². The molecule has 0 amide bonds. The van der Waals surface area contributed by atoms with Gasteiger partial charge in [-0.15, -0.1) is 0 Å². The molecule has 1 heterocycles. The van der Waals surface area contributed by atoms with Crippen molar-refractivity contribution >= 4 is 17.4 Å². The van der Waals surface area contributed by atoms with Gasteiger partial charge in [-0.1, -0.05) is 0 Å². The van der Waals surface area contributed by atoms with E-state index in [4.69, 9.17) is 11.6 Å². The van der Waals surface area contributed by atoms with Crippen molar-refractivity contribution in [3.05, 3.63) is 16.5 Å².